The second kappa shape index (κ2) is 13.6. The van der Waals surface area contributed by atoms with Crippen molar-refractivity contribution in [3.8, 4) is 5.75 Å². The maximum absolute atomic E-state index is 13.9. The summed E-state index contributed by atoms with van der Waals surface area (Å²) in [6.07, 6.45) is 7.51. The zero-order chi connectivity index (χ0) is 30.5. The molecule has 11 heteroatoms. The van der Waals surface area contributed by atoms with Crippen LogP contribution in [0.15, 0.2) is 77.7 Å². The fraction of sp³-hybridized carbons (Fsp3) is 0.406. The van der Waals surface area contributed by atoms with E-state index < -0.39 is 21.6 Å². The largest absolute Gasteiger partial charge is 0.363 e. The zero-order valence-electron chi connectivity index (χ0n) is 24.3. The average molecular weight is 629 g/mol. The molecule has 2 heterocycles. The first-order valence-corrected chi connectivity index (χ1v) is 16.7. The van der Waals surface area contributed by atoms with Crippen LogP contribution in [-0.4, -0.2) is 56.1 Å². The summed E-state index contributed by atoms with van der Waals surface area (Å²) < 4.78 is 42.1. The minimum atomic E-state index is -4.29. The van der Waals surface area contributed by atoms with E-state index in [1.54, 1.807) is 30.3 Å². The molecular weight excluding hydrogens is 591 g/mol. The molecule has 230 valence electrons. The lowest BCUT2D eigenvalue weighted by molar-refractivity contribution is -0.0970. The highest BCUT2D eigenvalue weighted by atomic mass is 35.5. The van der Waals surface area contributed by atoms with Crippen molar-refractivity contribution in [1.29, 1.82) is 0 Å². The Morgan fingerprint density at radius 3 is 2.02 bits per heavy atom. The summed E-state index contributed by atoms with van der Waals surface area (Å²) in [6, 6.07) is 17.5. The normalized spacial score (nSPS) is 16.9. The van der Waals surface area contributed by atoms with Gasteiger partial charge in [0, 0.05) is 31.7 Å². The lowest BCUT2D eigenvalue weighted by Gasteiger charge is -2.53. The van der Waals surface area contributed by atoms with Crippen molar-refractivity contribution in [2.75, 3.05) is 30.6 Å². The Hall–Kier alpha value is -3.18. The Morgan fingerprint density at radius 1 is 0.907 bits per heavy atom. The van der Waals surface area contributed by atoms with E-state index in [4.69, 9.17) is 16.4 Å². The smallest absolute Gasteiger partial charge is 0.295 e. The van der Waals surface area contributed by atoms with E-state index in [9.17, 15) is 17.6 Å². The van der Waals surface area contributed by atoms with Crippen LogP contribution in [0.1, 0.15) is 62.2 Å². The van der Waals surface area contributed by atoms with Crippen LogP contribution in [0, 0.1) is 5.82 Å². The van der Waals surface area contributed by atoms with Crippen LogP contribution in [0.4, 0.5) is 10.1 Å². The number of likely N-dealkylation sites (tertiary alicyclic amines) is 2. The molecule has 8 nitrogen and oxygen atoms in total. The van der Waals surface area contributed by atoms with Crippen molar-refractivity contribution >= 4 is 33.2 Å². The molecule has 0 atom stereocenters. The highest BCUT2D eigenvalue weighted by Gasteiger charge is 2.43. The summed E-state index contributed by atoms with van der Waals surface area (Å²) in [7, 11) is -4.29. The molecule has 0 aromatic heterocycles. The SMILES string of the molecule is CCC(NC(=O)c1ccc(S(=O)(=O)N(Oc2ccc(F)cc2Cl)c2ccccc2)cc1)(N1CCCCC1)N1CCCCC1. The molecule has 0 saturated carbocycles. The van der Waals surface area contributed by atoms with Crippen LogP contribution in [0.25, 0.3) is 0 Å². The molecule has 0 aliphatic carbocycles. The lowest BCUT2D eigenvalue weighted by atomic mass is 10.0. The van der Waals surface area contributed by atoms with Crippen LogP contribution in [0.3, 0.4) is 0 Å². The molecular formula is C32H38ClFN4O4S. The molecule has 0 spiro atoms. The Bertz CT molecular complexity index is 1480. The number of piperidine rings is 2. The predicted molar refractivity (Wildman–Crippen MR) is 166 cm³/mol. The van der Waals surface area contributed by atoms with E-state index >= 15 is 0 Å². The van der Waals surface area contributed by atoms with Crippen molar-refractivity contribution < 1.29 is 22.4 Å². The van der Waals surface area contributed by atoms with E-state index in [1.165, 1.54) is 43.2 Å². The summed E-state index contributed by atoms with van der Waals surface area (Å²) in [5.41, 5.74) is 0.583. The molecule has 2 fully saturated rings. The fourth-order valence-electron chi connectivity index (χ4n) is 5.98. The number of nitrogens with zero attached hydrogens (tertiary/aromatic N) is 3. The number of amides is 1. The first-order chi connectivity index (χ1) is 20.7. The van der Waals surface area contributed by atoms with Gasteiger partial charge in [-0.15, -0.1) is 0 Å². The quantitative estimate of drug-likeness (QED) is 0.261. The number of nitrogens with one attached hydrogen (secondary N) is 1. The molecule has 2 saturated heterocycles. The van der Waals surface area contributed by atoms with E-state index in [2.05, 4.69) is 22.0 Å². The van der Waals surface area contributed by atoms with E-state index in [1.807, 2.05) is 0 Å². The summed E-state index contributed by atoms with van der Waals surface area (Å²) in [4.78, 5) is 24.2. The third-order valence-electron chi connectivity index (χ3n) is 8.24. The number of hydrogen-bond acceptors (Lipinski definition) is 6. The molecule has 5 rings (SSSR count). The second-order valence-electron chi connectivity index (χ2n) is 11.0. The Balaban J connectivity index is 1.41. The minimum absolute atomic E-state index is 0.0298. The van der Waals surface area contributed by atoms with Gasteiger partial charge in [-0.2, -0.15) is 8.42 Å². The number of para-hydroxylation sites is 1. The van der Waals surface area contributed by atoms with Crippen LogP contribution >= 0.6 is 11.6 Å². The van der Waals surface area contributed by atoms with E-state index in [-0.39, 0.29) is 27.3 Å². The number of benzene rings is 3. The van der Waals surface area contributed by atoms with Gasteiger partial charge in [-0.1, -0.05) is 54.0 Å². The third-order valence-corrected chi connectivity index (χ3v) is 10.1. The van der Waals surface area contributed by atoms with Gasteiger partial charge < -0.3 is 10.2 Å². The van der Waals surface area contributed by atoms with Crippen LogP contribution in [0.5, 0.6) is 5.75 Å². The van der Waals surface area contributed by atoms with Crippen molar-refractivity contribution in [3.63, 3.8) is 0 Å². The molecule has 2 aliphatic heterocycles. The molecule has 0 radical (unpaired) electrons. The first kappa shape index (κ1) is 31.3. The van der Waals surface area contributed by atoms with Gasteiger partial charge in [-0.05, 0) is 86.7 Å². The van der Waals surface area contributed by atoms with E-state index in [0.29, 0.717) is 5.56 Å². The van der Waals surface area contributed by atoms with Crippen LogP contribution in [0.2, 0.25) is 5.02 Å². The Kier molecular flexibility index (Phi) is 9.91. The van der Waals surface area contributed by atoms with Crippen molar-refractivity contribution in [1.82, 2.24) is 15.1 Å². The van der Waals surface area contributed by atoms with Gasteiger partial charge in [0.15, 0.2) is 11.5 Å². The van der Waals surface area contributed by atoms with Gasteiger partial charge in [0.25, 0.3) is 15.9 Å². The summed E-state index contributed by atoms with van der Waals surface area (Å²) in [6.45, 7) is 5.82. The number of rotatable bonds is 10. The molecule has 3 aromatic rings. The molecule has 0 unspecified atom stereocenters. The molecule has 2 aliphatic rings. The standard InChI is InChI=1S/C32H38ClFN4O4S/c1-2-32(36-20-8-4-9-21-36,37-22-10-5-11-23-37)35-31(39)25-14-17-28(18-15-25)43(40,41)38(27-12-6-3-7-13-27)42-30-19-16-26(34)24-29(30)33/h3,6-7,12-19,24H,2,4-5,8-11,20-23H2,1H3,(H,35,39). The number of carbonyl (C=O) groups excluding carboxylic acids is 1. The van der Waals surface area contributed by atoms with Gasteiger partial charge in [0.1, 0.15) is 5.82 Å². The minimum Gasteiger partial charge on any atom is -0.363 e. The number of carbonyl (C=O) groups is 1. The topological polar surface area (TPSA) is 82.2 Å². The highest BCUT2D eigenvalue weighted by molar-refractivity contribution is 7.92. The first-order valence-electron chi connectivity index (χ1n) is 14.9. The Morgan fingerprint density at radius 2 is 1.49 bits per heavy atom. The van der Waals surface area contributed by atoms with E-state index in [0.717, 1.165) is 74.9 Å². The maximum Gasteiger partial charge on any atom is 0.295 e. The van der Waals surface area contributed by atoms with Gasteiger partial charge in [-0.3, -0.25) is 14.6 Å². The number of anilines is 1. The van der Waals surface area contributed by atoms with Crippen LogP contribution in [-0.2, 0) is 10.0 Å². The summed E-state index contributed by atoms with van der Waals surface area (Å²) >= 11 is 6.15. The van der Waals surface area contributed by atoms with Gasteiger partial charge >= 0.3 is 0 Å². The van der Waals surface area contributed by atoms with Gasteiger partial charge in [-0.25, -0.2) is 4.39 Å². The second-order valence-corrected chi connectivity index (χ2v) is 13.1. The number of sulfonamides is 1. The van der Waals surface area contributed by atoms with Crippen LogP contribution < -0.4 is 14.6 Å². The summed E-state index contributed by atoms with van der Waals surface area (Å²) in [5, 5.41) is 3.29. The number of halogens is 2. The molecule has 0 bridgehead atoms. The number of hydrogen-bond donors (Lipinski definition) is 1. The highest BCUT2D eigenvalue weighted by Crippen LogP contribution is 2.32. The Labute approximate surface area is 258 Å². The monoisotopic (exact) mass is 628 g/mol. The van der Waals surface area contributed by atoms with Gasteiger partial charge in [0.2, 0.25) is 0 Å². The average Bonchev–Trinajstić information content (AvgIpc) is 3.04. The lowest BCUT2D eigenvalue weighted by Crippen LogP contribution is -2.71. The molecule has 1 amide bonds. The summed E-state index contributed by atoms with van der Waals surface area (Å²) in [5.74, 6) is -1.45. The molecule has 43 heavy (non-hydrogen) atoms. The van der Waals surface area contributed by atoms with Crippen molar-refractivity contribution in [3.05, 3.63) is 89.2 Å². The van der Waals surface area contributed by atoms with Gasteiger partial charge in [0.05, 0.1) is 15.6 Å². The van der Waals surface area contributed by atoms with Crippen molar-refractivity contribution in [2.24, 2.45) is 0 Å². The molecule has 3 aromatic carbocycles. The predicted octanol–water partition coefficient (Wildman–Crippen LogP) is 6.43. The maximum atomic E-state index is 13.9. The zero-order valence-corrected chi connectivity index (χ0v) is 25.9. The third kappa shape index (κ3) is 6.82. The fourth-order valence-corrected chi connectivity index (χ4v) is 7.43. The molecule has 1 N–H and O–H groups in total. The van der Waals surface area contributed by atoms with Crippen molar-refractivity contribution in [2.45, 2.75) is 62.6 Å².